The van der Waals surface area contributed by atoms with Gasteiger partial charge in [-0.2, -0.15) is 0 Å². The molecule has 0 radical (unpaired) electrons. The van der Waals surface area contributed by atoms with Crippen molar-refractivity contribution in [2.75, 3.05) is 39.3 Å². The number of amides is 1. The van der Waals surface area contributed by atoms with Crippen LogP contribution in [0.4, 0.5) is 0 Å². The normalized spacial score (nSPS) is 21.2. The highest BCUT2D eigenvalue weighted by Gasteiger charge is 2.27. The fourth-order valence-corrected chi connectivity index (χ4v) is 3.74. The Balaban J connectivity index is 1.34. The highest BCUT2D eigenvalue weighted by Crippen LogP contribution is 2.18. The number of para-hydroxylation sites is 1. The molecule has 1 saturated carbocycles. The molecule has 2 aliphatic rings. The SMILES string of the molecule is C[C@H](C(=O)NC1CCCC1)N1CCN(CCOc2ccccc2)CC1. The van der Waals surface area contributed by atoms with Gasteiger partial charge in [-0.3, -0.25) is 14.6 Å². The summed E-state index contributed by atoms with van der Waals surface area (Å²) in [6.45, 7) is 7.58. The first-order valence-electron chi connectivity index (χ1n) is 9.67. The molecule has 3 rings (SSSR count). The molecule has 1 saturated heterocycles. The molecule has 138 valence electrons. The van der Waals surface area contributed by atoms with Crippen molar-refractivity contribution in [2.45, 2.75) is 44.7 Å². The third kappa shape index (κ3) is 5.44. The van der Waals surface area contributed by atoms with Gasteiger partial charge in [-0.25, -0.2) is 0 Å². The van der Waals surface area contributed by atoms with E-state index in [0.29, 0.717) is 12.6 Å². The maximum absolute atomic E-state index is 12.4. The lowest BCUT2D eigenvalue weighted by Gasteiger charge is -2.37. The molecule has 1 heterocycles. The Kier molecular flexibility index (Phi) is 6.70. The first kappa shape index (κ1) is 18.2. The van der Waals surface area contributed by atoms with Gasteiger partial charge >= 0.3 is 0 Å². The van der Waals surface area contributed by atoms with Crippen LogP contribution in [0.15, 0.2) is 30.3 Å². The van der Waals surface area contributed by atoms with E-state index < -0.39 is 0 Å². The zero-order chi connectivity index (χ0) is 17.5. The van der Waals surface area contributed by atoms with E-state index in [4.69, 9.17) is 4.74 Å². The zero-order valence-corrected chi connectivity index (χ0v) is 15.3. The van der Waals surface area contributed by atoms with Crippen molar-refractivity contribution < 1.29 is 9.53 Å². The molecule has 25 heavy (non-hydrogen) atoms. The zero-order valence-electron chi connectivity index (χ0n) is 15.3. The molecule has 1 aromatic carbocycles. The van der Waals surface area contributed by atoms with Gasteiger partial charge in [-0.05, 0) is 31.9 Å². The van der Waals surface area contributed by atoms with Gasteiger partial charge < -0.3 is 10.1 Å². The number of nitrogens with one attached hydrogen (secondary N) is 1. The lowest BCUT2D eigenvalue weighted by molar-refractivity contribution is -0.127. The summed E-state index contributed by atoms with van der Waals surface area (Å²) in [5, 5.41) is 3.23. The standard InChI is InChI=1S/C20H31N3O2/c1-17(20(24)21-18-7-5-6-8-18)23-13-11-22(12-14-23)15-16-25-19-9-3-2-4-10-19/h2-4,9-10,17-18H,5-8,11-16H2,1H3,(H,21,24)/t17-/m1/s1. The summed E-state index contributed by atoms with van der Waals surface area (Å²) < 4.78 is 5.78. The van der Waals surface area contributed by atoms with Crippen molar-refractivity contribution in [3.05, 3.63) is 30.3 Å². The summed E-state index contributed by atoms with van der Waals surface area (Å²) in [6.07, 6.45) is 4.80. The van der Waals surface area contributed by atoms with E-state index in [1.165, 1.54) is 12.8 Å². The van der Waals surface area contributed by atoms with Crippen LogP contribution in [0.1, 0.15) is 32.6 Å². The summed E-state index contributed by atoms with van der Waals surface area (Å²) in [5.41, 5.74) is 0. The van der Waals surface area contributed by atoms with E-state index in [9.17, 15) is 4.79 Å². The van der Waals surface area contributed by atoms with Gasteiger partial charge in [0.25, 0.3) is 0 Å². The first-order valence-corrected chi connectivity index (χ1v) is 9.67. The van der Waals surface area contributed by atoms with E-state index in [0.717, 1.165) is 51.3 Å². The molecular formula is C20H31N3O2. The molecule has 1 N–H and O–H groups in total. The highest BCUT2D eigenvalue weighted by atomic mass is 16.5. The average Bonchev–Trinajstić information content (AvgIpc) is 3.15. The number of ether oxygens (including phenoxy) is 1. The van der Waals surface area contributed by atoms with Crippen molar-refractivity contribution in [2.24, 2.45) is 0 Å². The molecule has 0 unspecified atom stereocenters. The number of benzene rings is 1. The highest BCUT2D eigenvalue weighted by molar-refractivity contribution is 5.81. The van der Waals surface area contributed by atoms with Gasteiger partial charge in [0.2, 0.25) is 5.91 Å². The number of carbonyl (C=O) groups excluding carboxylic acids is 1. The molecule has 0 aromatic heterocycles. The van der Waals surface area contributed by atoms with Crippen LogP contribution in [0.5, 0.6) is 5.75 Å². The van der Waals surface area contributed by atoms with E-state index in [1.54, 1.807) is 0 Å². The average molecular weight is 345 g/mol. The van der Waals surface area contributed by atoms with Crippen LogP contribution in [0, 0.1) is 0 Å². The van der Waals surface area contributed by atoms with E-state index >= 15 is 0 Å². The minimum Gasteiger partial charge on any atom is -0.492 e. The summed E-state index contributed by atoms with van der Waals surface area (Å²) in [6, 6.07) is 10.3. The summed E-state index contributed by atoms with van der Waals surface area (Å²) >= 11 is 0. The van der Waals surface area contributed by atoms with Crippen molar-refractivity contribution in [3.63, 3.8) is 0 Å². The largest absolute Gasteiger partial charge is 0.492 e. The second-order valence-corrected chi connectivity index (χ2v) is 7.21. The van der Waals surface area contributed by atoms with Crippen molar-refractivity contribution in [3.8, 4) is 5.75 Å². The lowest BCUT2D eigenvalue weighted by Crippen LogP contribution is -2.55. The van der Waals surface area contributed by atoms with Crippen LogP contribution in [-0.4, -0.2) is 67.1 Å². The molecule has 1 aromatic rings. The molecule has 1 aliphatic carbocycles. The van der Waals surface area contributed by atoms with Gasteiger partial charge in [-0.1, -0.05) is 31.0 Å². The van der Waals surface area contributed by atoms with Gasteiger partial charge in [0.1, 0.15) is 12.4 Å². The number of hydrogen-bond donors (Lipinski definition) is 1. The third-order valence-corrected chi connectivity index (χ3v) is 5.46. The molecule has 5 nitrogen and oxygen atoms in total. The van der Waals surface area contributed by atoms with Crippen molar-refractivity contribution in [1.29, 1.82) is 0 Å². The summed E-state index contributed by atoms with van der Waals surface area (Å²) in [7, 11) is 0. The Hall–Kier alpha value is -1.59. The number of hydrogen-bond acceptors (Lipinski definition) is 4. The van der Waals surface area contributed by atoms with Gasteiger partial charge in [-0.15, -0.1) is 0 Å². The Bertz CT molecular complexity index is 523. The summed E-state index contributed by atoms with van der Waals surface area (Å²) in [4.78, 5) is 17.1. The Morgan fingerprint density at radius 2 is 1.84 bits per heavy atom. The molecule has 0 spiro atoms. The number of carbonyl (C=O) groups is 1. The Morgan fingerprint density at radius 1 is 1.16 bits per heavy atom. The Labute approximate surface area is 151 Å². The monoisotopic (exact) mass is 345 g/mol. The fourth-order valence-electron chi connectivity index (χ4n) is 3.74. The third-order valence-electron chi connectivity index (χ3n) is 5.46. The van der Waals surface area contributed by atoms with E-state index in [1.807, 2.05) is 37.3 Å². The van der Waals surface area contributed by atoms with E-state index in [2.05, 4.69) is 15.1 Å². The predicted octanol–water partition coefficient (Wildman–Crippen LogP) is 2.13. The minimum atomic E-state index is -0.0247. The van der Waals surface area contributed by atoms with Gasteiger partial charge in [0.15, 0.2) is 0 Å². The maximum Gasteiger partial charge on any atom is 0.237 e. The second kappa shape index (κ2) is 9.20. The van der Waals surface area contributed by atoms with E-state index in [-0.39, 0.29) is 11.9 Å². The van der Waals surface area contributed by atoms with Crippen LogP contribution in [0.25, 0.3) is 0 Å². The van der Waals surface area contributed by atoms with Crippen LogP contribution in [-0.2, 0) is 4.79 Å². The van der Waals surface area contributed by atoms with Crippen molar-refractivity contribution >= 4 is 5.91 Å². The second-order valence-electron chi connectivity index (χ2n) is 7.21. The van der Waals surface area contributed by atoms with Crippen LogP contribution < -0.4 is 10.1 Å². The molecule has 0 bridgehead atoms. The quantitative estimate of drug-likeness (QED) is 0.822. The molecular weight excluding hydrogens is 314 g/mol. The molecule has 1 aliphatic heterocycles. The van der Waals surface area contributed by atoms with Crippen LogP contribution in [0.3, 0.4) is 0 Å². The predicted molar refractivity (Wildman–Crippen MR) is 99.8 cm³/mol. The number of piperazine rings is 1. The van der Waals surface area contributed by atoms with Gasteiger partial charge in [0, 0.05) is 38.8 Å². The van der Waals surface area contributed by atoms with Gasteiger partial charge in [0.05, 0.1) is 6.04 Å². The molecule has 5 heteroatoms. The number of rotatable bonds is 7. The van der Waals surface area contributed by atoms with Crippen molar-refractivity contribution in [1.82, 2.24) is 15.1 Å². The van der Waals surface area contributed by atoms with Crippen LogP contribution >= 0.6 is 0 Å². The Morgan fingerprint density at radius 3 is 2.52 bits per heavy atom. The number of nitrogens with zero attached hydrogens (tertiary/aromatic N) is 2. The lowest BCUT2D eigenvalue weighted by atomic mass is 10.2. The summed E-state index contributed by atoms with van der Waals surface area (Å²) in [5.74, 6) is 1.13. The molecule has 2 fully saturated rings. The molecule has 1 amide bonds. The molecule has 1 atom stereocenters. The first-order chi connectivity index (χ1) is 12.2. The fraction of sp³-hybridized carbons (Fsp3) is 0.650. The minimum absolute atomic E-state index is 0.0247. The van der Waals surface area contributed by atoms with Crippen LogP contribution in [0.2, 0.25) is 0 Å². The smallest absolute Gasteiger partial charge is 0.237 e. The maximum atomic E-state index is 12.4. The topological polar surface area (TPSA) is 44.8 Å².